The number of rotatable bonds is 4. The smallest absolute Gasteiger partial charge is 0.194 e. The summed E-state index contributed by atoms with van der Waals surface area (Å²) in [4.78, 5) is 4.57. The lowest BCUT2D eigenvalue weighted by atomic mass is 10.00. The van der Waals surface area contributed by atoms with Gasteiger partial charge in [-0.3, -0.25) is 9.80 Å². The van der Waals surface area contributed by atoms with Crippen molar-refractivity contribution >= 4 is 0 Å². The van der Waals surface area contributed by atoms with Crippen molar-refractivity contribution in [1.29, 1.82) is 0 Å². The van der Waals surface area contributed by atoms with E-state index in [0.717, 1.165) is 64.7 Å². The first-order valence-electron chi connectivity index (χ1n) is 8.31. The lowest BCUT2D eigenvalue weighted by Gasteiger charge is -2.39. The van der Waals surface area contributed by atoms with Gasteiger partial charge in [0.2, 0.25) is 0 Å². The molecule has 2 aliphatic rings. The van der Waals surface area contributed by atoms with Gasteiger partial charge in [0.1, 0.15) is 0 Å². The van der Waals surface area contributed by atoms with E-state index in [4.69, 9.17) is 4.74 Å². The van der Waals surface area contributed by atoms with E-state index in [2.05, 4.69) is 9.80 Å². The summed E-state index contributed by atoms with van der Waals surface area (Å²) in [6.45, 7) is 5.48. The van der Waals surface area contributed by atoms with E-state index in [0.29, 0.717) is 12.6 Å². The normalized spacial score (nSPS) is 24.0. The average molecular weight is 328 g/mol. The second-order valence-electron chi connectivity index (χ2n) is 6.37. The van der Waals surface area contributed by atoms with Crippen LogP contribution < -0.4 is 0 Å². The van der Waals surface area contributed by atoms with Crippen LogP contribution >= 0.6 is 0 Å². The van der Waals surface area contributed by atoms with Crippen molar-refractivity contribution in [2.24, 2.45) is 0 Å². The first-order chi connectivity index (χ1) is 11.1. The summed E-state index contributed by atoms with van der Waals surface area (Å²) in [6, 6.07) is 2.69. The van der Waals surface area contributed by atoms with Crippen LogP contribution in [0.25, 0.3) is 0 Å². The second kappa shape index (κ2) is 7.64. The third-order valence-electron chi connectivity index (χ3n) is 4.81. The highest BCUT2D eigenvalue weighted by atomic mass is 19.2. The van der Waals surface area contributed by atoms with Crippen LogP contribution in [-0.4, -0.2) is 55.2 Å². The van der Waals surface area contributed by atoms with Crippen molar-refractivity contribution in [1.82, 2.24) is 9.80 Å². The van der Waals surface area contributed by atoms with E-state index in [1.807, 2.05) is 0 Å². The van der Waals surface area contributed by atoms with Crippen LogP contribution in [0.1, 0.15) is 24.8 Å². The first-order valence-corrected chi connectivity index (χ1v) is 8.31. The van der Waals surface area contributed by atoms with E-state index >= 15 is 0 Å². The molecular weight excluding hydrogens is 305 g/mol. The van der Waals surface area contributed by atoms with E-state index in [9.17, 15) is 13.2 Å². The minimum atomic E-state index is -1.37. The van der Waals surface area contributed by atoms with Gasteiger partial charge in [-0.25, -0.2) is 13.2 Å². The number of halogens is 3. The van der Waals surface area contributed by atoms with Gasteiger partial charge in [-0.1, -0.05) is 12.5 Å². The number of nitrogens with zero attached hydrogens (tertiary/aromatic N) is 2. The highest BCUT2D eigenvalue weighted by molar-refractivity contribution is 5.20. The third kappa shape index (κ3) is 4.05. The summed E-state index contributed by atoms with van der Waals surface area (Å²) in [5.41, 5.74) is 0.234. The highest BCUT2D eigenvalue weighted by Gasteiger charge is 2.26. The highest BCUT2D eigenvalue weighted by Crippen LogP contribution is 2.23. The number of likely N-dealkylation sites (tertiary alicyclic amines) is 1. The molecular formula is C17H23F3N2O. The Labute approximate surface area is 135 Å². The van der Waals surface area contributed by atoms with Gasteiger partial charge in [0.05, 0.1) is 13.2 Å². The predicted octanol–water partition coefficient (Wildman–Crippen LogP) is 2.79. The molecule has 0 aliphatic carbocycles. The van der Waals surface area contributed by atoms with Gasteiger partial charge >= 0.3 is 0 Å². The molecule has 1 aromatic carbocycles. The van der Waals surface area contributed by atoms with Crippen LogP contribution in [0.4, 0.5) is 13.2 Å². The Kier molecular flexibility index (Phi) is 5.56. The van der Waals surface area contributed by atoms with Gasteiger partial charge in [0.15, 0.2) is 17.5 Å². The molecule has 0 spiro atoms. The molecule has 1 atom stereocenters. The Morgan fingerprint density at radius 2 is 1.78 bits per heavy atom. The lowest BCUT2D eigenvalue weighted by molar-refractivity contribution is 0.0151. The molecule has 1 unspecified atom stereocenters. The molecule has 0 N–H and O–H groups in total. The van der Waals surface area contributed by atoms with E-state index in [1.54, 1.807) is 0 Å². The standard InChI is InChI=1S/C17H23F3N2O/c18-15-5-4-13(16(19)17(15)20)11-22-6-2-1-3-14(22)12-21-7-9-23-10-8-21/h4-5,14H,1-3,6-12H2. The van der Waals surface area contributed by atoms with Crippen molar-refractivity contribution in [3.63, 3.8) is 0 Å². The number of piperidine rings is 1. The summed E-state index contributed by atoms with van der Waals surface area (Å²) in [6.07, 6.45) is 3.28. The molecule has 128 valence electrons. The zero-order chi connectivity index (χ0) is 16.2. The lowest BCUT2D eigenvalue weighted by Crippen LogP contribution is -2.49. The Morgan fingerprint density at radius 3 is 2.57 bits per heavy atom. The maximum atomic E-state index is 13.9. The fourth-order valence-electron chi connectivity index (χ4n) is 3.46. The molecule has 2 aliphatic heterocycles. The van der Waals surface area contributed by atoms with Gasteiger partial charge in [-0.2, -0.15) is 0 Å². The molecule has 2 fully saturated rings. The van der Waals surface area contributed by atoms with Gasteiger partial charge in [0, 0.05) is 37.8 Å². The largest absolute Gasteiger partial charge is 0.379 e. The summed E-state index contributed by atoms with van der Waals surface area (Å²) >= 11 is 0. The van der Waals surface area contributed by atoms with Crippen LogP contribution in [-0.2, 0) is 11.3 Å². The molecule has 2 heterocycles. The molecule has 3 rings (SSSR count). The molecule has 6 heteroatoms. The third-order valence-corrected chi connectivity index (χ3v) is 4.81. The van der Waals surface area contributed by atoms with Crippen LogP contribution in [0.2, 0.25) is 0 Å². The Balaban J connectivity index is 1.67. The number of hydrogen-bond donors (Lipinski definition) is 0. The number of morpholine rings is 1. The quantitative estimate of drug-likeness (QED) is 0.791. The molecule has 2 saturated heterocycles. The fourth-order valence-corrected chi connectivity index (χ4v) is 3.46. The topological polar surface area (TPSA) is 15.7 Å². The summed E-state index contributed by atoms with van der Waals surface area (Å²) < 4.78 is 45.8. The molecule has 3 nitrogen and oxygen atoms in total. The van der Waals surface area contributed by atoms with Crippen molar-refractivity contribution in [3.05, 3.63) is 35.1 Å². The SMILES string of the molecule is Fc1ccc(CN2CCCCC2CN2CCOCC2)c(F)c1F. The van der Waals surface area contributed by atoms with Gasteiger partial charge in [-0.05, 0) is 25.5 Å². The Hall–Kier alpha value is -1.11. The van der Waals surface area contributed by atoms with Crippen molar-refractivity contribution in [2.75, 3.05) is 39.4 Å². The van der Waals surface area contributed by atoms with E-state index < -0.39 is 17.5 Å². The molecule has 1 aromatic rings. The van der Waals surface area contributed by atoms with Gasteiger partial charge in [0.25, 0.3) is 0 Å². The van der Waals surface area contributed by atoms with Gasteiger partial charge in [-0.15, -0.1) is 0 Å². The Morgan fingerprint density at radius 1 is 1.00 bits per heavy atom. The van der Waals surface area contributed by atoms with Crippen molar-refractivity contribution in [3.8, 4) is 0 Å². The van der Waals surface area contributed by atoms with E-state index in [-0.39, 0.29) is 5.56 Å². The maximum absolute atomic E-state index is 13.9. The molecule has 0 saturated carbocycles. The number of ether oxygens (including phenoxy) is 1. The molecule has 0 radical (unpaired) electrons. The number of hydrogen-bond acceptors (Lipinski definition) is 3. The van der Waals surface area contributed by atoms with Crippen molar-refractivity contribution in [2.45, 2.75) is 31.8 Å². The van der Waals surface area contributed by atoms with Crippen LogP contribution in [0, 0.1) is 17.5 Å². The Bertz CT molecular complexity index is 535. The van der Waals surface area contributed by atoms with Crippen molar-refractivity contribution < 1.29 is 17.9 Å². The maximum Gasteiger partial charge on any atom is 0.194 e. The van der Waals surface area contributed by atoms with Crippen LogP contribution in [0.5, 0.6) is 0 Å². The van der Waals surface area contributed by atoms with Gasteiger partial charge < -0.3 is 4.74 Å². The minimum Gasteiger partial charge on any atom is -0.379 e. The summed E-state index contributed by atoms with van der Waals surface area (Å²) in [7, 11) is 0. The average Bonchev–Trinajstić information content (AvgIpc) is 2.58. The molecule has 0 aromatic heterocycles. The minimum absolute atomic E-state index is 0.234. The first kappa shape index (κ1) is 16.7. The fraction of sp³-hybridized carbons (Fsp3) is 0.647. The molecule has 0 amide bonds. The number of benzene rings is 1. The summed E-state index contributed by atoms with van der Waals surface area (Å²) in [5.74, 6) is -3.56. The predicted molar refractivity (Wildman–Crippen MR) is 81.6 cm³/mol. The van der Waals surface area contributed by atoms with E-state index in [1.165, 1.54) is 6.07 Å². The van der Waals surface area contributed by atoms with Crippen LogP contribution in [0.15, 0.2) is 12.1 Å². The monoisotopic (exact) mass is 328 g/mol. The zero-order valence-electron chi connectivity index (χ0n) is 13.2. The second-order valence-corrected chi connectivity index (χ2v) is 6.37. The zero-order valence-corrected chi connectivity index (χ0v) is 13.2. The van der Waals surface area contributed by atoms with Crippen LogP contribution in [0.3, 0.4) is 0 Å². The molecule has 23 heavy (non-hydrogen) atoms. The summed E-state index contributed by atoms with van der Waals surface area (Å²) in [5, 5.41) is 0. The molecule has 0 bridgehead atoms.